The highest BCUT2D eigenvalue weighted by Crippen LogP contribution is 2.29. The molecule has 0 spiro atoms. The lowest BCUT2D eigenvalue weighted by Gasteiger charge is -2.26. The number of fused-ring (bicyclic) bond motifs is 2. The molecule has 0 fully saturated rings. The van der Waals surface area contributed by atoms with Crippen LogP contribution in [0.4, 0.5) is 5.69 Å². The minimum atomic E-state index is 0.909. The molecule has 2 aromatic rings. The van der Waals surface area contributed by atoms with E-state index < -0.39 is 0 Å². The van der Waals surface area contributed by atoms with Gasteiger partial charge in [0.05, 0.1) is 5.52 Å². The van der Waals surface area contributed by atoms with Gasteiger partial charge in [-0.2, -0.15) is 0 Å². The molecule has 0 radical (unpaired) electrons. The van der Waals surface area contributed by atoms with Crippen molar-refractivity contribution in [1.82, 2.24) is 9.88 Å². The summed E-state index contributed by atoms with van der Waals surface area (Å²) in [6.45, 7) is 1.98. The van der Waals surface area contributed by atoms with Crippen LogP contribution in [0.25, 0.3) is 10.9 Å². The molecule has 0 saturated carbocycles. The summed E-state index contributed by atoms with van der Waals surface area (Å²) < 4.78 is 0. The molecule has 0 aliphatic carbocycles. The fraction of sp³-hybridized carbons (Fsp3) is 0.308. The average Bonchev–Trinajstić information content (AvgIpc) is 2.31. The smallest absolute Gasteiger partial charge is 0.0726 e. The monoisotopic (exact) mass is 213 g/mol. The molecule has 1 aromatic heterocycles. The first-order valence-corrected chi connectivity index (χ1v) is 5.60. The van der Waals surface area contributed by atoms with E-state index in [4.69, 9.17) is 10.7 Å². The van der Waals surface area contributed by atoms with Crippen molar-refractivity contribution in [2.45, 2.75) is 13.0 Å². The van der Waals surface area contributed by atoms with E-state index in [1.54, 1.807) is 0 Å². The number of nitrogens with zero attached hydrogens (tertiary/aromatic N) is 2. The van der Waals surface area contributed by atoms with Gasteiger partial charge in [-0.15, -0.1) is 0 Å². The molecule has 0 saturated heterocycles. The first-order chi connectivity index (χ1) is 7.75. The maximum atomic E-state index is 6.24. The molecule has 0 amide bonds. The maximum absolute atomic E-state index is 6.24. The van der Waals surface area contributed by atoms with Gasteiger partial charge >= 0.3 is 0 Å². The first-order valence-electron chi connectivity index (χ1n) is 5.60. The summed E-state index contributed by atoms with van der Waals surface area (Å²) in [5.41, 5.74) is 10.6. The molecule has 2 N–H and O–H groups in total. The van der Waals surface area contributed by atoms with E-state index in [0.29, 0.717) is 0 Å². The van der Waals surface area contributed by atoms with Crippen LogP contribution < -0.4 is 5.73 Å². The Morgan fingerprint density at radius 3 is 3.00 bits per heavy atom. The fourth-order valence-electron chi connectivity index (χ4n) is 2.36. The zero-order valence-electron chi connectivity index (χ0n) is 9.40. The van der Waals surface area contributed by atoms with E-state index >= 15 is 0 Å². The normalized spacial score (nSPS) is 16.3. The van der Waals surface area contributed by atoms with Crippen LogP contribution in [0.2, 0.25) is 0 Å². The predicted octanol–water partition coefficient (Wildman–Crippen LogP) is 1.80. The SMILES string of the molecule is CN1CCc2nc3ccccc3c(N)c2C1. The molecule has 0 atom stereocenters. The molecular formula is C13H15N3. The first kappa shape index (κ1) is 9.60. The molecule has 0 unspecified atom stereocenters. The van der Waals surface area contributed by atoms with E-state index in [-0.39, 0.29) is 0 Å². The number of anilines is 1. The van der Waals surface area contributed by atoms with Crippen molar-refractivity contribution in [2.24, 2.45) is 0 Å². The van der Waals surface area contributed by atoms with Gasteiger partial charge in [0.2, 0.25) is 0 Å². The third-order valence-corrected chi connectivity index (χ3v) is 3.28. The van der Waals surface area contributed by atoms with Crippen LogP contribution in [-0.4, -0.2) is 23.5 Å². The standard InChI is InChI=1S/C13H15N3/c1-16-7-6-12-10(8-16)13(14)9-4-2-3-5-11(9)15-12/h2-5H,6-8H2,1H3,(H2,14,15). The highest BCUT2D eigenvalue weighted by Gasteiger charge is 2.18. The summed E-state index contributed by atoms with van der Waals surface area (Å²) in [5.74, 6) is 0. The lowest BCUT2D eigenvalue weighted by Crippen LogP contribution is -2.28. The van der Waals surface area contributed by atoms with Crippen molar-refractivity contribution in [2.75, 3.05) is 19.3 Å². The van der Waals surface area contributed by atoms with E-state index in [2.05, 4.69) is 11.9 Å². The number of hydrogen-bond acceptors (Lipinski definition) is 3. The van der Waals surface area contributed by atoms with Crippen molar-refractivity contribution in [3.63, 3.8) is 0 Å². The summed E-state index contributed by atoms with van der Waals surface area (Å²) in [6.07, 6.45) is 1.00. The van der Waals surface area contributed by atoms with E-state index in [1.807, 2.05) is 24.3 Å². The number of benzene rings is 1. The van der Waals surface area contributed by atoms with Gasteiger partial charge in [0.15, 0.2) is 0 Å². The molecule has 3 heteroatoms. The molecule has 1 aliphatic heterocycles. The van der Waals surface area contributed by atoms with Gasteiger partial charge in [0, 0.05) is 41.8 Å². The molecule has 3 rings (SSSR count). The lowest BCUT2D eigenvalue weighted by atomic mass is 10.0. The van der Waals surface area contributed by atoms with Gasteiger partial charge < -0.3 is 10.6 Å². The molecule has 0 bridgehead atoms. The number of likely N-dealkylation sites (N-methyl/N-ethyl adjacent to an activating group) is 1. The molecule has 2 heterocycles. The van der Waals surface area contributed by atoms with Crippen LogP contribution in [0.1, 0.15) is 11.3 Å². The minimum absolute atomic E-state index is 0.909. The molecular weight excluding hydrogens is 198 g/mol. The summed E-state index contributed by atoms with van der Waals surface area (Å²) in [7, 11) is 2.12. The summed E-state index contributed by atoms with van der Waals surface area (Å²) >= 11 is 0. The third kappa shape index (κ3) is 1.36. The minimum Gasteiger partial charge on any atom is -0.398 e. The van der Waals surface area contributed by atoms with Crippen LogP contribution in [-0.2, 0) is 13.0 Å². The van der Waals surface area contributed by atoms with Gasteiger partial charge in [-0.1, -0.05) is 18.2 Å². The fourth-order valence-corrected chi connectivity index (χ4v) is 2.36. The molecule has 82 valence electrons. The number of aromatic nitrogens is 1. The second kappa shape index (κ2) is 3.46. The van der Waals surface area contributed by atoms with Crippen molar-refractivity contribution >= 4 is 16.6 Å². The van der Waals surface area contributed by atoms with Crippen LogP contribution in [0.15, 0.2) is 24.3 Å². The van der Waals surface area contributed by atoms with E-state index in [0.717, 1.165) is 36.1 Å². The lowest BCUT2D eigenvalue weighted by molar-refractivity contribution is 0.311. The van der Waals surface area contributed by atoms with Crippen LogP contribution in [0, 0.1) is 0 Å². The van der Waals surface area contributed by atoms with Crippen LogP contribution in [0.3, 0.4) is 0 Å². The Kier molecular flexibility index (Phi) is 2.07. The maximum Gasteiger partial charge on any atom is 0.0726 e. The Morgan fingerprint density at radius 1 is 1.31 bits per heavy atom. The largest absolute Gasteiger partial charge is 0.398 e. The third-order valence-electron chi connectivity index (χ3n) is 3.28. The zero-order valence-corrected chi connectivity index (χ0v) is 9.40. The number of rotatable bonds is 0. The Hall–Kier alpha value is -1.61. The number of nitrogens with two attached hydrogens (primary N) is 1. The number of nitrogen functional groups attached to an aromatic ring is 1. The second-order valence-corrected chi connectivity index (χ2v) is 4.46. The van der Waals surface area contributed by atoms with Crippen LogP contribution in [0.5, 0.6) is 0 Å². The highest BCUT2D eigenvalue weighted by molar-refractivity contribution is 5.92. The Balaban J connectivity index is 2.29. The van der Waals surface area contributed by atoms with Gasteiger partial charge in [-0.25, -0.2) is 0 Å². The van der Waals surface area contributed by atoms with Crippen molar-refractivity contribution in [3.8, 4) is 0 Å². The van der Waals surface area contributed by atoms with Crippen molar-refractivity contribution in [1.29, 1.82) is 0 Å². The number of hydrogen-bond donors (Lipinski definition) is 1. The molecule has 1 aromatic carbocycles. The Labute approximate surface area is 94.9 Å². The van der Waals surface area contributed by atoms with Crippen molar-refractivity contribution in [3.05, 3.63) is 35.5 Å². The van der Waals surface area contributed by atoms with Gasteiger partial charge in [0.1, 0.15) is 0 Å². The van der Waals surface area contributed by atoms with Gasteiger partial charge in [-0.05, 0) is 13.1 Å². The molecule has 3 nitrogen and oxygen atoms in total. The number of para-hydroxylation sites is 1. The van der Waals surface area contributed by atoms with Crippen LogP contribution >= 0.6 is 0 Å². The summed E-state index contributed by atoms with van der Waals surface area (Å²) in [4.78, 5) is 6.99. The topological polar surface area (TPSA) is 42.2 Å². The molecule has 1 aliphatic rings. The number of pyridine rings is 1. The second-order valence-electron chi connectivity index (χ2n) is 4.46. The zero-order chi connectivity index (χ0) is 11.1. The van der Waals surface area contributed by atoms with E-state index in [1.165, 1.54) is 11.3 Å². The quantitative estimate of drug-likeness (QED) is 0.725. The molecule has 16 heavy (non-hydrogen) atoms. The van der Waals surface area contributed by atoms with Gasteiger partial charge in [0.25, 0.3) is 0 Å². The van der Waals surface area contributed by atoms with E-state index in [9.17, 15) is 0 Å². The van der Waals surface area contributed by atoms with Crippen molar-refractivity contribution < 1.29 is 0 Å². The Morgan fingerprint density at radius 2 is 2.12 bits per heavy atom. The van der Waals surface area contributed by atoms with Gasteiger partial charge in [-0.3, -0.25) is 4.98 Å². The average molecular weight is 213 g/mol. The Bertz CT molecular complexity index is 548. The summed E-state index contributed by atoms with van der Waals surface area (Å²) in [5, 5.41) is 1.08. The summed E-state index contributed by atoms with van der Waals surface area (Å²) in [6, 6.07) is 8.10. The predicted molar refractivity (Wildman–Crippen MR) is 66.2 cm³/mol. The highest BCUT2D eigenvalue weighted by atomic mass is 15.1.